The van der Waals surface area contributed by atoms with E-state index in [9.17, 15) is 4.79 Å². The maximum Gasteiger partial charge on any atom is 0.261 e. The molecular weight excluding hydrogens is 396 g/mol. The van der Waals surface area contributed by atoms with Gasteiger partial charge in [-0.25, -0.2) is 0 Å². The van der Waals surface area contributed by atoms with Gasteiger partial charge in [-0.3, -0.25) is 14.4 Å². The van der Waals surface area contributed by atoms with Gasteiger partial charge in [0.1, 0.15) is 4.83 Å². The Bertz CT molecular complexity index is 871. The molecule has 0 aromatic carbocycles. The predicted molar refractivity (Wildman–Crippen MR) is 120 cm³/mol. The Hall–Kier alpha value is -1.44. The number of hydrogen-bond donors (Lipinski definition) is 1. The minimum atomic E-state index is 0.0978. The highest BCUT2D eigenvalue weighted by Crippen LogP contribution is 2.35. The highest BCUT2D eigenvalue weighted by Gasteiger charge is 2.28. The Labute approximate surface area is 182 Å². The van der Waals surface area contributed by atoms with E-state index < -0.39 is 0 Å². The largest absolute Gasteiger partial charge is 0.379 e. The van der Waals surface area contributed by atoms with Crippen LogP contribution in [-0.4, -0.2) is 59.0 Å². The van der Waals surface area contributed by atoms with Crippen molar-refractivity contribution in [3.63, 3.8) is 0 Å². The Morgan fingerprint density at radius 2 is 1.80 bits per heavy atom. The molecular formula is C23H34N4O2S. The van der Waals surface area contributed by atoms with Gasteiger partial charge in [0.05, 0.1) is 29.8 Å². The molecule has 164 valence electrons. The van der Waals surface area contributed by atoms with Crippen LogP contribution in [0.25, 0.3) is 10.2 Å². The molecule has 0 atom stereocenters. The van der Waals surface area contributed by atoms with Crippen LogP contribution in [0.15, 0.2) is 6.07 Å². The number of aromatic nitrogens is 2. The van der Waals surface area contributed by atoms with Gasteiger partial charge in [0.2, 0.25) is 0 Å². The number of fused-ring (bicyclic) bond motifs is 1. The Morgan fingerprint density at radius 1 is 1.07 bits per heavy atom. The minimum Gasteiger partial charge on any atom is -0.379 e. The van der Waals surface area contributed by atoms with Crippen molar-refractivity contribution in [3.05, 3.63) is 16.6 Å². The standard InChI is InChI=1S/C23H34N4O2S/c1-16-20-15-21(30-23(20)27(25-16)19-5-3-2-4-6-19)22(28)24-17-7-9-18(10-8-17)26-11-13-29-14-12-26/h15,17-19H,2-14H2,1H3,(H,24,28)/t17-,18-. The van der Waals surface area contributed by atoms with Crippen LogP contribution < -0.4 is 5.32 Å². The van der Waals surface area contributed by atoms with Crippen LogP contribution in [0, 0.1) is 6.92 Å². The maximum atomic E-state index is 13.0. The highest BCUT2D eigenvalue weighted by atomic mass is 32.1. The maximum absolute atomic E-state index is 13.0. The van der Waals surface area contributed by atoms with E-state index in [0.29, 0.717) is 18.1 Å². The number of hydrogen-bond acceptors (Lipinski definition) is 5. The molecule has 3 heterocycles. The van der Waals surface area contributed by atoms with E-state index in [1.165, 1.54) is 49.8 Å². The number of morpholine rings is 1. The monoisotopic (exact) mass is 430 g/mol. The van der Waals surface area contributed by atoms with Crippen LogP contribution in [0.2, 0.25) is 0 Å². The van der Waals surface area contributed by atoms with Crippen molar-refractivity contribution in [2.45, 2.75) is 82.8 Å². The third-order valence-electron chi connectivity index (χ3n) is 7.31. The lowest BCUT2D eigenvalue weighted by molar-refractivity contribution is 0.00665. The molecule has 3 aliphatic rings. The summed E-state index contributed by atoms with van der Waals surface area (Å²) in [6, 6.07) is 3.53. The zero-order valence-electron chi connectivity index (χ0n) is 18.1. The number of nitrogens with one attached hydrogen (secondary N) is 1. The van der Waals surface area contributed by atoms with Crippen LogP contribution in [0.4, 0.5) is 0 Å². The van der Waals surface area contributed by atoms with Crippen molar-refractivity contribution in [1.82, 2.24) is 20.0 Å². The number of carbonyl (C=O) groups excluding carboxylic acids is 1. The summed E-state index contributed by atoms with van der Waals surface area (Å²) in [6.45, 7) is 5.91. The second-order valence-electron chi connectivity index (χ2n) is 9.28. The summed E-state index contributed by atoms with van der Waals surface area (Å²) in [7, 11) is 0. The fraction of sp³-hybridized carbons (Fsp3) is 0.739. The van der Waals surface area contributed by atoms with E-state index >= 15 is 0 Å². The third kappa shape index (κ3) is 4.16. The van der Waals surface area contributed by atoms with Gasteiger partial charge < -0.3 is 10.1 Å². The van der Waals surface area contributed by atoms with Crippen LogP contribution in [0.1, 0.15) is 79.2 Å². The van der Waals surface area contributed by atoms with Gasteiger partial charge in [-0.1, -0.05) is 19.3 Å². The zero-order valence-corrected chi connectivity index (χ0v) is 18.9. The van der Waals surface area contributed by atoms with E-state index in [4.69, 9.17) is 9.84 Å². The molecule has 0 bridgehead atoms. The molecule has 1 aliphatic heterocycles. The molecule has 1 N–H and O–H groups in total. The summed E-state index contributed by atoms with van der Waals surface area (Å²) in [5.74, 6) is 0.0978. The molecule has 7 heteroatoms. The van der Waals surface area contributed by atoms with Crippen molar-refractivity contribution in [2.75, 3.05) is 26.3 Å². The molecule has 30 heavy (non-hydrogen) atoms. The van der Waals surface area contributed by atoms with Gasteiger partial charge in [0.15, 0.2) is 0 Å². The fourth-order valence-corrected chi connectivity index (χ4v) is 6.68. The molecule has 0 spiro atoms. The molecule has 1 saturated heterocycles. The second kappa shape index (κ2) is 8.97. The van der Waals surface area contributed by atoms with Crippen molar-refractivity contribution < 1.29 is 9.53 Å². The average Bonchev–Trinajstić information content (AvgIpc) is 3.36. The van der Waals surface area contributed by atoms with Gasteiger partial charge in [-0.2, -0.15) is 5.10 Å². The molecule has 3 fully saturated rings. The second-order valence-corrected chi connectivity index (χ2v) is 10.3. The first-order valence-corrected chi connectivity index (χ1v) is 12.6. The first-order valence-electron chi connectivity index (χ1n) is 11.8. The molecule has 2 aliphatic carbocycles. The van der Waals surface area contributed by atoms with Crippen LogP contribution in [0.3, 0.4) is 0 Å². The van der Waals surface area contributed by atoms with Crippen molar-refractivity contribution in [3.8, 4) is 0 Å². The summed E-state index contributed by atoms with van der Waals surface area (Å²) >= 11 is 1.62. The molecule has 6 nitrogen and oxygen atoms in total. The SMILES string of the molecule is Cc1nn(C2CCCCC2)c2sc(C(=O)N[C@H]3CC[C@H](N4CCOCC4)CC3)cc12. The van der Waals surface area contributed by atoms with Gasteiger partial charge in [0, 0.05) is 30.6 Å². The van der Waals surface area contributed by atoms with E-state index in [2.05, 4.69) is 27.9 Å². The summed E-state index contributed by atoms with van der Waals surface area (Å²) in [5.41, 5.74) is 1.05. The van der Waals surface area contributed by atoms with Crippen molar-refractivity contribution in [1.29, 1.82) is 0 Å². The van der Waals surface area contributed by atoms with Crippen molar-refractivity contribution in [2.24, 2.45) is 0 Å². The summed E-state index contributed by atoms with van der Waals surface area (Å²) < 4.78 is 7.70. The van der Waals surface area contributed by atoms with Gasteiger partial charge in [-0.15, -0.1) is 11.3 Å². The molecule has 0 radical (unpaired) electrons. The zero-order chi connectivity index (χ0) is 20.5. The number of amides is 1. The quantitative estimate of drug-likeness (QED) is 0.786. The summed E-state index contributed by atoms with van der Waals surface area (Å²) in [5, 5.41) is 9.31. The third-order valence-corrected chi connectivity index (χ3v) is 8.43. The summed E-state index contributed by atoms with van der Waals surface area (Å²) in [4.78, 5) is 17.6. The van der Waals surface area contributed by atoms with Gasteiger partial charge in [-0.05, 0) is 51.5 Å². The molecule has 2 aromatic heterocycles. The number of rotatable bonds is 4. The number of ether oxygens (including phenoxy) is 1. The molecule has 5 rings (SSSR count). The van der Waals surface area contributed by atoms with Crippen LogP contribution in [0.5, 0.6) is 0 Å². The number of nitrogens with zero attached hydrogens (tertiary/aromatic N) is 3. The van der Waals surface area contributed by atoms with E-state index in [1.54, 1.807) is 11.3 Å². The van der Waals surface area contributed by atoms with Crippen molar-refractivity contribution >= 4 is 27.5 Å². The highest BCUT2D eigenvalue weighted by molar-refractivity contribution is 7.20. The molecule has 1 amide bonds. The Morgan fingerprint density at radius 3 is 2.53 bits per heavy atom. The number of aryl methyl sites for hydroxylation is 1. The lowest BCUT2D eigenvalue weighted by atomic mass is 9.90. The van der Waals surface area contributed by atoms with E-state index in [1.807, 2.05) is 0 Å². The summed E-state index contributed by atoms with van der Waals surface area (Å²) in [6.07, 6.45) is 10.8. The molecule has 0 unspecified atom stereocenters. The Balaban J connectivity index is 1.22. The molecule has 2 saturated carbocycles. The lowest BCUT2D eigenvalue weighted by Crippen LogP contribution is -2.47. The van der Waals surface area contributed by atoms with Crippen LogP contribution in [-0.2, 0) is 4.74 Å². The Kier molecular flexibility index (Phi) is 6.12. The fourth-order valence-electron chi connectivity index (χ4n) is 5.54. The lowest BCUT2D eigenvalue weighted by Gasteiger charge is -2.38. The number of thiophene rings is 1. The first kappa shape index (κ1) is 20.5. The van der Waals surface area contributed by atoms with Gasteiger partial charge in [0.25, 0.3) is 5.91 Å². The molecule has 2 aromatic rings. The smallest absolute Gasteiger partial charge is 0.261 e. The topological polar surface area (TPSA) is 59.4 Å². The van der Waals surface area contributed by atoms with Crippen LogP contribution >= 0.6 is 11.3 Å². The average molecular weight is 431 g/mol. The van der Waals surface area contributed by atoms with E-state index in [-0.39, 0.29) is 5.91 Å². The first-order chi connectivity index (χ1) is 14.7. The minimum absolute atomic E-state index is 0.0978. The predicted octanol–water partition coefficient (Wildman–Crippen LogP) is 4.28. The van der Waals surface area contributed by atoms with E-state index in [0.717, 1.165) is 55.1 Å². The normalized spacial score (nSPS) is 26.8. The number of carbonyl (C=O) groups is 1. The van der Waals surface area contributed by atoms with Gasteiger partial charge >= 0.3 is 0 Å².